The maximum atomic E-state index is 12.9. The van der Waals surface area contributed by atoms with Crippen molar-refractivity contribution in [3.05, 3.63) is 63.9 Å². The van der Waals surface area contributed by atoms with Gasteiger partial charge in [0.2, 0.25) is 5.82 Å². The molecule has 0 spiro atoms. The van der Waals surface area contributed by atoms with Crippen LogP contribution in [-0.2, 0) is 0 Å². The van der Waals surface area contributed by atoms with Crippen LogP contribution in [0.1, 0.15) is 38.4 Å². The molecule has 0 aliphatic rings. The van der Waals surface area contributed by atoms with Gasteiger partial charge in [-0.3, -0.25) is 10.1 Å². The summed E-state index contributed by atoms with van der Waals surface area (Å²) in [4.78, 5) is 12.9. The number of hydrogen-bond acceptors (Lipinski definition) is 5. The topological polar surface area (TPSA) is 81.2 Å². The first kappa shape index (κ1) is 18.0. The zero-order valence-electron chi connectivity index (χ0n) is 16.5. The maximum absolute atomic E-state index is 12.9. The Labute approximate surface area is 162 Å². The Kier molecular flexibility index (Phi) is 4.26. The van der Waals surface area contributed by atoms with E-state index in [1.807, 2.05) is 65.0 Å². The number of hydrogen-bond donors (Lipinski definition) is 1. The van der Waals surface area contributed by atoms with Crippen LogP contribution in [0.5, 0.6) is 0 Å². The fourth-order valence-corrected chi connectivity index (χ4v) is 3.25. The summed E-state index contributed by atoms with van der Waals surface area (Å²) in [5, 5.41) is 11.5. The number of carbonyl (C=O) groups is 1. The summed E-state index contributed by atoms with van der Waals surface area (Å²) in [5.41, 5.74) is 7.27. The van der Waals surface area contributed by atoms with Gasteiger partial charge < -0.3 is 4.42 Å². The summed E-state index contributed by atoms with van der Waals surface area (Å²) in [7, 11) is 0. The van der Waals surface area contributed by atoms with E-state index in [0.29, 0.717) is 5.69 Å². The fraction of sp³-hybridized carbons (Fsp3) is 0.227. The number of fused-ring (bicyclic) bond motifs is 1. The van der Waals surface area contributed by atoms with E-state index in [-0.39, 0.29) is 17.5 Å². The van der Waals surface area contributed by atoms with Gasteiger partial charge in [0, 0.05) is 16.5 Å². The molecule has 1 amide bonds. The number of benzene rings is 2. The number of carbonyl (C=O) groups excluding carboxylic acids is 1. The van der Waals surface area contributed by atoms with Gasteiger partial charge in [-0.05, 0) is 73.3 Å². The second kappa shape index (κ2) is 6.64. The third kappa shape index (κ3) is 2.87. The zero-order valence-corrected chi connectivity index (χ0v) is 16.5. The van der Waals surface area contributed by atoms with E-state index >= 15 is 0 Å². The lowest BCUT2D eigenvalue weighted by Crippen LogP contribution is -2.13. The van der Waals surface area contributed by atoms with Gasteiger partial charge in [0.25, 0.3) is 5.91 Å². The van der Waals surface area contributed by atoms with Crippen LogP contribution in [-0.4, -0.2) is 16.2 Å². The molecule has 1 N–H and O–H groups in total. The minimum Gasteiger partial charge on any atom is -0.450 e. The number of aromatic nitrogens is 2. The minimum atomic E-state index is -0.383. The predicted octanol–water partition coefficient (Wildman–Crippen LogP) is 5.28. The largest absolute Gasteiger partial charge is 0.450 e. The molecule has 2 aromatic heterocycles. The highest BCUT2D eigenvalue weighted by molar-refractivity contribution is 6.07. The van der Waals surface area contributed by atoms with E-state index < -0.39 is 0 Å². The Hall–Kier alpha value is -3.41. The van der Waals surface area contributed by atoms with Crippen LogP contribution in [0.15, 0.2) is 39.4 Å². The van der Waals surface area contributed by atoms with Crippen molar-refractivity contribution < 1.29 is 13.8 Å². The van der Waals surface area contributed by atoms with Crippen molar-refractivity contribution in [1.82, 2.24) is 10.3 Å². The molecule has 0 aliphatic heterocycles. The molecular formula is C22H21N3O3. The standard InChI is InChI=1S/C22H21N3O3/c1-11-6-8-16(10-13(11)3)18-21(25-28-24-18)23-22(26)20-15(5)17-9-7-12(2)14(4)19(17)27-20/h6-10H,1-5H3,(H,23,25,26). The molecule has 0 saturated carbocycles. The molecule has 0 bridgehead atoms. The molecular weight excluding hydrogens is 354 g/mol. The molecule has 4 aromatic rings. The second-order valence-corrected chi connectivity index (χ2v) is 7.15. The van der Waals surface area contributed by atoms with Crippen LogP contribution in [0.25, 0.3) is 22.2 Å². The van der Waals surface area contributed by atoms with E-state index in [9.17, 15) is 4.79 Å². The third-order valence-electron chi connectivity index (χ3n) is 5.33. The molecule has 142 valence electrons. The smallest absolute Gasteiger partial charge is 0.292 e. The Balaban J connectivity index is 1.70. The van der Waals surface area contributed by atoms with E-state index in [1.54, 1.807) is 0 Å². The van der Waals surface area contributed by atoms with Gasteiger partial charge in [-0.1, -0.05) is 24.3 Å². The summed E-state index contributed by atoms with van der Waals surface area (Å²) in [6.07, 6.45) is 0. The second-order valence-electron chi connectivity index (χ2n) is 7.15. The average Bonchev–Trinajstić information content (AvgIpc) is 3.25. The normalized spacial score (nSPS) is 11.2. The average molecular weight is 375 g/mol. The van der Waals surface area contributed by atoms with Gasteiger partial charge in [-0.15, -0.1) is 0 Å². The van der Waals surface area contributed by atoms with E-state index in [1.165, 1.54) is 5.56 Å². The lowest BCUT2D eigenvalue weighted by molar-refractivity contribution is 0.0997. The number of aryl methyl sites for hydroxylation is 5. The van der Waals surface area contributed by atoms with Crippen molar-refractivity contribution >= 4 is 22.7 Å². The number of furan rings is 1. The van der Waals surface area contributed by atoms with Crippen LogP contribution in [0.2, 0.25) is 0 Å². The molecule has 0 atom stereocenters. The van der Waals surface area contributed by atoms with Gasteiger partial charge in [-0.25, -0.2) is 4.63 Å². The molecule has 6 nitrogen and oxygen atoms in total. The monoisotopic (exact) mass is 375 g/mol. The molecule has 0 saturated heterocycles. The summed E-state index contributed by atoms with van der Waals surface area (Å²) in [6, 6.07) is 9.92. The number of rotatable bonds is 3. The van der Waals surface area contributed by atoms with Crippen molar-refractivity contribution in [3.8, 4) is 11.3 Å². The lowest BCUT2D eigenvalue weighted by atomic mass is 10.0. The van der Waals surface area contributed by atoms with Gasteiger partial charge in [0.05, 0.1) is 0 Å². The first-order valence-electron chi connectivity index (χ1n) is 9.07. The molecule has 2 heterocycles. The number of amides is 1. The zero-order chi connectivity index (χ0) is 20.0. The van der Waals surface area contributed by atoms with Gasteiger partial charge in [-0.2, -0.15) is 0 Å². The van der Waals surface area contributed by atoms with Crippen LogP contribution in [0.4, 0.5) is 5.82 Å². The minimum absolute atomic E-state index is 0.262. The predicted molar refractivity (Wildman–Crippen MR) is 108 cm³/mol. The molecule has 0 radical (unpaired) electrons. The SMILES string of the molecule is Cc1ccc(-c2nonc2NC(=O)c2oc3c(C)c(C)ccc3c2C)cc1C. The van der Waals surface area contributed by atoms with Gasteiger partial charge in [0.1, 0.15) is 5.58 Å². The van der Waals surface area contributed by atoms with Crippen LogP contribution in [0, 0.1) is 34.6 Å². The van der Waals surface area contributed by atoms with Crippen molar-refractivity contribution in [1.29, 1.82) is 0 Å². The summed E-state index contributed by atoms with van der Waals surface area (Å²) in [6.45, 7) is 9.94. The van der Waals surface area contributed by atoms with Gasteiger partial charge >= 0.3 is 0 Å². The number of anilines is 1. The highest BCUT2D eigenvalue weighted by Gasteiger charge is 2.22. The summed E-state index contributed by atoms with van der Waals surface area (Å²) >= 11 is 0. The molecule has 6 heteroatoms. The first-order valence-corrected chi connectivity index (χ1v) is 9.07. The van der Waals surface area contributed by atoms with Crippen molar-refractivity contribution in [3.63, 3.8) is 0 Å². The number of nitrogens with one attached hydrogen (secondary N) is 1. The Morgan fingerprint density at radius 2 is 1.64 bits per heavy atom. The maximum Gasteiger partial charge on any atom is 0.292 e. The molecule has 4 rings (SSSR count). The Morgan fingerprint density at radius 3 is 2.39 bits per heavy atom. The highest BCUT2D eigenvalue weighted by Crippen LogP contribution is 2.31. The summed E-state index contributed by atoms with van der Waals surface area (Å²) < 4.78 is 10.8. The molecule has 28 heavy (non-hydrogen) atoms. The third-order valence-corrected chi connectivity index (χ3v) is 5.33. The quantitative estimate of drug-likeness (QED) is 0.527. The molecule has 0 unspecified atom stereocenters. The van der Waals surface area contributed by atoms with Crippen LogP contribution in [0.3, 0.4) is 0 Å². The molecule has 0 aliphatic carbocycles. The van der Waals surface area contributed by atoms with Crippen LogP contribution < -0.4 is 5.32 Å². The first-order chi connectivity index (χ1) is 13.4. The highest BCUT2D eigenvalue weighted by atomic mass is 16.6. The molecule has 0 fully saturated rings. The van der Waals surface area contributed by atoms with E-state index in [4.69, 9.17) is 9.05 Å². The Morgan fingerprint density at radius 1 is 0.893 bits per heavy atom. The van der Waals surface area contributed by atoms with Crippen molar-refractivity contribution in [2.24, 2.45) is 0 Å². The lowest BCUT2D eigenvalue weighted by Gasteiger charge is -2.04. The van der Waals surface area contributed by atoms with Crippen LogP contribution >= 0.6 is 0 Å². The Bertz CT molecular complexity index is 1220. The molecule has 2 aromatic carbocycles. The van der Waals surface area contributed by atoms with Crippen molar-refractivity contribution in [2.75, 3.05) is 5.32 Å². The van der Waals surface area contributed by atoms with E-state index in [2.05, 4.69) is 15.6 Å². The van der Waals surface area contributed by atoms with Crippen molar-refractivity contribution in [2.45, 2.75) is 34.6 Å². The fourth-order valence-electron chi connectivity index (χ4n) is 3.25. The summed E-state index contributed by atoms with van der Waals surface area (Å²) in [5.74, 6) is 0.144. The van der Waals surface area contributed by atoms with E-state index in [0.717, 1.165) is 38.8 Å². The number of nitrogens with zero attached hydrogens (tertiary/aromatic N) is 2. The van der Waals surface area contributed by atoms with Gasteiger partial charge in [0.15, 0.2) is 11.5 Å².